The molecule has 0 amide bonds. The third kappa shape index (κ3) is 4.25. The first-order chi connectivity index (χ1) is 6.84. The van der Waals surface area contributed by atoms with Gasteiger partial charge in [0.2, 0.25) is 0 Å². The topological polar surface area (TPSA) is 21.3 Å². The minimum absolute atomic E-state index is 0.669. The van der Waals surface area contributed by atoms with E-state index in [-0.39, 0.29) is 0 Å². The molecule has 1 fully saturated rings. The SMILES string of the molecule is C=CCOCCNC1CCCCC1C. The van der Waals surface area contributed by atoms with E-state index in [0.717, 1.165) is 25.1 Å². The third-order valence-electron chi connectivity index (χ3n) is 3.00. The minimum Gasteiger partial charge on any atom is -0.376 e. The standard InChI is InChI=1S/C12H23NO/c1-3-9-14-10-8-13-12-7-5-4-6-11(12)2/h3,11-13H,1,4-10H2,2H3. The van der Waals surface area contributed by atoms with Crippen LogP contribution in [0.25, 0.3) is 0 Å². The molecule has 0 saturated heterocycles. The lowest BCUT2D eigenvalue weighted by Crippen LogP contribution is -2.38. The van der Waals surface area contributed by atoms with Crippen LogP contribution in [0.1, 0.15) is 32.6 Å². The van der Waals surface area contributed by atoms with Crippen LogP contribution in [-0.4, -0.2) is 25.8 Å². The van der Waals surface area contributed by atoms with Crippen LogP contribution in [0.15, 0.2) is 12.7 Å². The minimum atomic E-state index is 0.669. The van der Waals surface area contributed by atoms with E-state index in [1.54, 1.807) is 6.08 Å². The summed E-state index contributed by atoms with van der Waals surface area (Å²) in [4.78, 5) is 0. The van der Waals surface area contributed by atoms with Gasteiger partial charge < -0.3 is 10.1 Å². The van der Waals surface area contributed by atoms with Crippen LogP contribution in [0.2, 0.25) is 0 Å². The van der Waals surface area contributed by atoms with Gasteiger partial charge >= 0.3 is 0 Å². The second kappa shape index (κ2) is 7.02. The van der Waals surface area contributed by atoms with Crippen LogP contribution in [0.3, 0.4) is 0 Å². The first-order valence-electron chi connectivity index (χ1n) is 5.76. The second-order valence-corrected chi connectivity index (χ2v) is 4.19. The number of ether oxygens (including phenoxy) is 1. The fourth-order valence-electron chi connectivity index (χ4n) is 2.10. The average molecular weight is 197 g/mol. The van der Waals surface area contributed by atoms with Gasteiger partial charge in [0, 0.05) is 12.6 Å². The summed E-state index contributed by atoms with van der Waals surface area (Å²) >= 11 is 0. The highest BCUT2D eigenvalue weighted by Crippen LogP contribution is 2.23. The largest absolute Gasteiger partial charge is 0.376 e. The highest BCUT2D eigenvalue weighted by Gasteiger charge is 2.19. The molecule has 0 heterocycles. The zero-order valence-corrected chi connectivity index (χ0v) is 9.30. The van der Waals surface area contributed by atoms with Crippen LogP contribution in [-0.2, 0) is 4.74 Å². The van der Waals surface area contributed by atoms with Gasteiger partial charge in [-0.15, -0.1) is 6.58 Å². The Morgan fingerprint density at radius 3 is 2.93 bits per heavy atom. The Labute approximate surface area is 87.7 Å². The molecule has 0 spiro atoms. The molecule has 2 heteroatoms. The summed E-state index contributed by atoms with van der Waals surface area (Å²) in [6.45, 7) is 8.41. The van der Waals surface area contributed by atoms with Gasteiger partial charge in [-0.2, -0.15) is 0 Å². The van der Waals surface area contributed by atoms with Crippen molar-refractivity contribution in [2.75, 3.05) is 19.8 Å². The number of nitrogens with one attached hydrogen (secondary N) is 1. The number of rotatable bonds is 6. The number of hydrogen-bond acceptors (Lipinski definition) is 2. The van der Waals surface area contributed by atoms with E-state index >= 15 is 0 Å². The molecular weight excluding hydrogens is 174 g/mol. The summed E-state index contributed by atoms with van der Waals surface area (Å²) in [6, 6.07) is 0.719. The van der Waals surface area contributed by atoms with Crippen molar-refractivity contribution in [3.63, 3.8) is 0 Å². The van der Waals surface area contributed by atoms with Crippen molar-refractivity contribution < 1.29 is 4.74 Å². The Morgan fingerprint density at radius 1 is 1.43 bits per heavy atom. The van der Waals surface area contributed by atoms with Gasteiger partial charge in [-0.25, -0.2) is 0 Å². The van der Waals surface area contributed by atoms with Gasteiger partial charge in [-0.3, -0.25) is 0 Å². The van der Waals surface area contributed by atoms with Gasteiger partial charge in [0.05, 0.1) is 13.2 Å². The molecule has 1 aliphatic carbocycles. The molecule has 0 bridgehead atoms. The van der Waals surface area contributed by atoms with E-state index < -0.39 is 0 Å². The van der Waals surface area contributed by atoms with E-state index in [1.165, 1.54) is 25.7 Å². The Morgan fingerprint density at radius 2 is 2.21 bits per heavy atom. The van der Waals surface area contributed by atoms with Gasteiger partial charge in [0.25, 0.3) is 0 Å². The molecule has 1 aliphatic rings. The molecule has 2 nitrogen and oxygen atoms in total. The van der Waals surface area contributed by atoms with E-state index in [2.05, 4.69) is 18.8 Å². The highest BCUT2D eigenvalue weighted by molar-refractivity contribution is 4.77. The van der Waals surface area contributed by atoms with E-state index in [4.69, 9.17) is 4.74 Å². The summed E-state index contributed by atoms with van der Waals surface area (Å²) in [7, 11) is 0. The first-order valence-corrected chi connectivity index (χ1v) is 5.76. The fourth-order valence-corrected chi connectivity index (χ4v) is 2.10. The summed E-state index contributed by atoms with van der Waals surface area (Å²) in [6.07, 6.45) is 7.30. The van der Waals surface area contributed by atoms with Crippen molar-refractivity contribution in [2.45, 2.75) is 38.6 Å². The molecule has 1 saturated carbocycles. The maximum Gasteiger partial charge on any atom is 0.0645 e. The Bertz CT molecular complexity index is 158. The molecule has 0 aromatic heterocycles. The summed E-state index contributed by atoms with van der Waals surface area (Å²) < 4.78 is 5.33. The Kier molecular flexibility index (Phi) is 5.88. The first kappa shape index (κ1) is 11.7. The molecule has 0 aromatic rings. The summed E-state index contributed by atoms with van der Waals surface area (Å²) in [5.74, 6) is 0.836. The van der Waals surface area contributed by atoms with Crippen molar-refractivity contribution in [2.24, 2.45) is 5.92 Å². The second-order valence-electron chi connectivity index (χ2n) is 4.19. The predicted octanol–water partition coefficient (Wildman–Crippen LogP) is 2.36. The molecule has 1 rings (SSSR count). The van der Waals surface area contributed by atoms with Crippen molar-refractivity contribution in [3.8, 4) is 0 Å². The van der Waals surface area contributed by atoms with E-state index in [0.29, 0.717) is 6.61 Å². The number of hydrogen-bond donors (Lipinski definition) is 1. The summed E-state index contributed by atoms with van der Waals surface area (Å²) in [5, 5.41) is 3.57. The van der Waals surface area contributed by atoms with Crippen LogP contribution < -0.4 is 5.32 Å². The normalized spacial score (nSPS) is 27.5. The smallest absolute Gasteiger partial charge is 0.0645 e. The Balaban J connectivity index is 2.01. The average Bonchev–Trinajstić information content (AvgIpc) is 2.20. The highest BCUT2D eigenvalue weighted by atomic mass is 16.5. The van der Waals surface area contributed by atoms with Crippen LogP contribution in [0.4, 0.5) is 0 Å². The van der Waals surface area contributed by atoms with Crippen molar-refractivity contribution in [1.82, 2.24) is 5.32 Å². The molecular formula is C12H23NO. The zero-order valence-electron chi connectivity index (χ0n) is 9.30. The molecule has 0 aromatic carbocycles. The molecule has 2 atom stereocenters. The van der Waals surface area contributed by atoms with Gasteiger partial charge in [0.1, 0.15) is 0 Å². The third-order valence-corrected chi connectivity index (χ3v) is 3.00. The van der Waals surface area contributed by atoms with Gasteiger partial charge in [0.15, 0.2) is 0 Å². The van der Waals surface area contributed by atoms with Crippen LogP contribution >= 0.6 is 0 Å². The van der Waals surface area contributed by atoms with E-state index in [9.17, 15) is 0 Å². The van der Waals surface area contributed by atoms with Crippen molar-refractivity contribution in [1.29, 1.82) is 0 Å². The van der Waals surface area contributed by atoms with Crippen molar-refractivity contribution >= 4 is 0 Å². The fraction of sp³-hybridized carbons (Fsp3) is 0.833. The molecule has 0 aliphatic heterocycles. The monoisotopic (exact) mass is 197 g/mol. The van der Waals surface area contributed by atoms with Crippen LogP contribution in [0.5, 0.6) is 0 Å². The van der Waals surface area contributed by atoms with Gasteiger partial charge in [-0.1, -0.05) is 25.8 Å². The zero-order chi connectivity index (χ0) is 10.2. The lowest BCUT2D eigenvalue weighted by atomic mass is 9.86. The lowest BCUT2D eigenvalue weighted by molar-refractivity contribution is 0.154. The quantitative estimate of drug-likeness (QED) is 0.521. The molecule has 14 heavy (non-hydrogen) atoms. The van der Waals surface area contributed by atoms with Crippen LogP contribution in [0, 0.1) is 5.92 Å². The maximum atomic E-state index is 5.33. The van der Waals surface area contributed by atoms with Gasteiger partial charge in [-0.05, 0) is 18.8 Å². The molecule has 0 radical (unpaired) electrons. The van der Waals surface area contributed by atoms with E-state index in [1.807, 2.05) is 0 Å². The maximum absolute atomic E-state index is 5.33. The molecule has 82 valence electrons. The van der Waals surface area contributed by atoms with Crippen molar-refractivity contribution in [3.05, 3.63) is 12.7 Å². The Hall–Kier alpha value is -0.340. The molecule has 1 N–H and O–H groups in total. The predicted molar refractivity (Wildman–Crippen MR) is 60.4 cm³/mol. The summed E-state index contributed by atoms with van der Waals surface area (Å²) in [5.41, 5.74) is 0. The molecule has 2 unspecified atom stereocenters. The lowest BCUT2D eigenvalue weighted by Gasteiger charge is -2.29.